The van der Waals surface area contributed by atoms with Gasteiger partial charge >= 0.3 is 6.36 Å². The highest BCUT2D eigenvalue weighted by Crippen LogP contribution is 2.34. The molecule has 0 aliphatic heterocycles. The molecule has 0 fully saturated rings. The summed E-state index contributed by atoms with van der Waals surface area (Å²) in [6.07, 6.45) is -3.93. The van der Waals surface area contributed by atoms with Crippen LogP contribution >= 0.6 is 33.3 Å². The number of alkyl halides is 3. The third-order valence-corrected chi connectivity index (χ3v) is 3.92. The molecule has 1 aromatic heterocycles. The highest BCUT2D eigenvalue weighted by atomic mass is 127. The summed E-state index contributed by atoms with van der Waals surface area (Å²) in [6, 6.07) is 0. The van der Waals surface area contributed by atoms with Crippen LogP contribution in [0.2, 0.25) is 0 Å². The fourth-order valence-corrected chi connectivity index (χ4v) is 2.26. The molecule has 0 saturated heterocycles. The summed E-state index contributed by atoms with van der Waals surface area (Å²) in [7, 11) is 0.564. The molecule has 1 heterocycles. The molecule has 0 unspecified atom stereocenters. The van der Waals surface area contributed by atoms with Crippen LogP contribution in [0.1, 0.15) is 5.56 Å². The van der Waals surface area contributed by atoms with Crippen molar-refractivity contribution >= 4 is 42.3 Å². The highest BCUT2D eigenvalue weighted by Gasteiger charge is 2.35. The Labute approximate surface area is 113 Å². The Balaban J connectivity index is 3.48. The second-order valence-electron chi connectivity index (χ2n) is 2.85. The Kier molecular flexibility index (Phi) is 4.14. The molecule has 0 saturated carbocycles. The Hall–Kier alpha value is -0.290. The lowest BCUT2D eigenvalue weighted by Gasteiger charge is -2.14. The third-order valence-electron chi connectivity index (χ3n) is 1.64. The average molecular weight is 402 g/mol. The van der Waals surface area contributed by atoms with Gasteiger partial charge in [0, 0.05) is 26.0 Å². The van der Waals surface area contributed by atoms with E-state index in [0.717, 1.165) is 6.20 Å². The van der Waals surface area contributed by atoms with E-state index in [1.54, 1.807) is 22.6 Å². The van der Waals surface area contributed by atoms with E-state index < -0.39 is 26.2 Å². The minimum absolute atomic E-state index is 0.00264. The Bertz CT molecular complexity index is 546. The SMILES string of the molecule is Cc1c(I)cnc(S(=O)(=O)Cl)c1OC(F)(F)F. The normalized spacial score (nSPS) is 12.6. The van der Waals surface area contributed by atoms with Crippen molar-refractivity contribution in [1.29, 1.82) is 0 Å². The smallest absolute Gasteiger partial charge is 0.402 e. The molecule has 0 amide bonds. The monoisotopic (exact) mass is 401 g/mol. The first-order valence-corrected chi connectivity index (χ1v) is 7.26. The van der Waals surface area contributed by atoms with Crippen LogP contribution < -0.4 is 4.74 Å². The number of rotatable bonds is 2. The van der Waals surface area contributed by atoms with Crippen molar-refractivity contribution in [3.05, 3.63) is 15.3 Å². The predicted molar refractivity (Wildman–Crippen MR) is 61.4 cm³/mol. The summed E-state index contributed by atoms with van der Waals surface area (Å²) in [4.78, 5) is 3.34. The van der Waals surface area contributed by atoms with Crippen LogP contribution in [0, 0.1) is 10.5 Å². The fourth-order valence-electron chi connectivity index (χ4n) is 0.949. The van der Waals surface area contributed by atoms with Gasteiger partial charge in [-0.05, 0) is 29.5 Å². The molecule has 1 aromatic rings. The summed E-state index contributed by atoms with van der Waals surface area (Å²) in [5, 5.41) is -0.950. The Morgan fingerprint density at radius 2 is 2.00 bits per heavy atom. The van der Waals surface area contributed by atoms with Crippen molar-refractivity contribution in [2.75, 3.05) is 0 Å². The zero-order valence-corrected chi connectivity index (χ0v) is 11.8. The molecule has 0 radical (unpaired) electrons. The molecule has 0 bridgehead atoms. The summed E-state index contributed by atoms with van der Waals surface area (Å²) < 4.78 is 62.5. The van der Waals surface area contributed by atoms with E-state index in [1.807, 2.05) is 0 Å². The summed E-state index contributed by atoms with van der Waals surface area (Å²) >= 11 is 1.70. The van der Waals surface area contributed by atoms with E-state index in [0.29, 0.717) is 3.57 Å². The number of hydrogen-bond donors (Lipinski definition) is 0. The van der Waals surface area contributed by atoms with Crippen LogP contribution in [0.15, 0.2) is 11.2 Å². The molecule has 0 aliphatic carbocycles. The molecule has 0 N–H and O–H groups in total. The van der Waals surface area contributed by atoms with Crippen LogP contribution in [-0.4, -0.2) is 19.8 Å². The van der Waals surface area contributed by atoms with Crippen LogP contribution in [0.25, 0.3) is 0 Å². The van der Waals surface area contributed by atoms with Gasteiger partial charge in [0.2, 0.25) is 5.03 Å². The van der Waals surface area contributed by atoms with Crippen molar-refractivity contribution in [2.45, 2.75) is 18.3 Å². The molecular weight excluding hydrogens is 397 g/mol. The van der Waals surface area contributed by atoms with Crippen LogP contribution in [0.4, 0.5) is 13.2 Å². The lowest BCUT2D eigenvalue weighted by molar-refractivity contribution is -0.276. The quantitative estimate of drug-likeness (QED) is 0.565. The fraction of sp³-hybridized carbons (Fsp3) is 0.286. The maximum Gasteiger partial charge on any atom is 0.573 e. The number of ether oxygens (including phenoxy) is 1. The first-order chi connectivity index (χ1) is 7.52. The van der Waals surface area contributed by atoms with Crippen LogP contribution in [-0.2, 0) is 9.05 Å². The molecular formula is C7H4ClF3INO3S. The van der Waals surface area contributed by atoms with Crippen molar-refractivity contribution in [1.82, 2.24) is 4.98 Å². The van der Waals surface area contributed by atoms with Gasteiger partial charge in [-0.3, -0.25) is 0 Å². The molecule has 0 atom stereocenters. The molecule has 0 aromatic carbocycles. The zero-order valence-electron chi connectivity index (χ0n) is 8.05. The molecule has 0 spiro atoms. The van der Waals surface area contributed by atoms with Crippen molar-refractivity contribution < 1.29 is 26.3 Å². The van der Waals surface area contributed by atoms with Crippen LogP contribution in [0.5, 0.6) is 5.75 Å². The van der Waals surface area contributed by atoms with Crippen molar-refractivity contribution in [2.24, 2.45) is 0 Å². The summed E-state index contributed by atoms with van der Waals surface area (Å²) in [5.74, 6) is -0.903. The van der Waals surface area contributed by atoms with E-state index in [1.165, 1.54) is 6.92 Å². The molecule has 4 nitrogen and oxygen atoms in total. The molecule has 1 rings (SSSR count). The van der Waals surface area contributed by atoms with Gasteiger partial charge in [0.05, 0.1) is 0 Å². The van der Waals surface area contributed by atoms with Crippen molar-refractivity contribution in [3.63, 3.8) is 0 Å². The molecule has 17 heavy (non-hydrogen) atoms. The van der Waals surface area contributed by atoms with Gasteiger partial charge in [-0.1, -0.05) is 0 Å². The van der Waals surface area contributed by atoms with Gasteiger partial charge in [-0.15, -0.1) is 13.2 Å². The zero-order chi connectivity index (χ0) is 13.4. The van der Waals surface area contributed by atoms with Gasteiger partial charge < -0.3 is 4.74 Å². The van der Waals surface area contributed by atoms with Crippen LogP contribution in [0.3, 0.4) is 0 Å². The van der Waals surface area contributed by atoms with Gasteiger partial charge in [-0.25, -0.2) is 13.4 Å². The summed E-state index contributed by atoms with van der Waals surface area (Å²) in [5.41, 5.74) is -0.00264. The molecule has 96 valence electrons. The predicted octanol–water partition coefficient (Wildman–Crippen LogP) is 2.82. The minimum atomic E-state index is -5.02. The third kappa shape index (κ3) is 3.85. The number of pyridine rings is 1. The first-order valence-electron chi connectivity index (χ1n) is 3.88. The average Bonchev–Trinajstić information content (AvgIpc) is 2.08. The van der Waals surface area contributed by atoms with E-state index in [-0.39, 0.29) is 5.56 Å². The van der Waals surface area contributed by atoms with Crippen molar-refractivity contribution in [3.8, 4) is 5.75 Å². The standard InChI is InChI=1S/C7H4ClF3INO3S/c1-3-4(12)2-13-6(17(8,14)15)5(3)16-7(9,10)11/h2H,1H3. The Morgan fingerprint density at radius 1 is 1.47 bits per heavy atom. The van der Waals surface area contributed by atoms with E-state index >= 15 is 0 Å². The van der Waals surface area contributed by atoms with Gasteiger partial charge in [0.25, 0.3) is 9.05 Å². The maximum absolute atomic E-state index is 12.1. The van der Waals surface area contributed by atoms with Gasteiger partial charge in [-0.2, -0.15) is 0 Å². The van der Waals surface area contributed by atoms with E-state index in [2.05, 4.69) is 9.72 Å². The van der Waals surface area contributed by atoms with Gasteiger partial charge in [0.1, 0.15) is 0 Å². The Morgan fingerprint density at radius 3 is 2.41 bits per heavy atom. The van der Waals surface area contributed by atoms with E-state index in [9.17, 15) is 21.6 Å². The topological polar surface area (TPSA) is 56.3 Å². The second-order valence-corrected chi connectivity index (χ2v) is 6.49. The maximum atomic E-state index is 12.1. The number of halogens is 5. The lowest BCUT2D eigenvalue weighted by atomic mass is 10.3. The number of aromatic nitrogens is 1. The first kappa shape index (κ1) is 14.8. The minimum Gasteiger partial charge on any atom is -0.402 e. The molecule has 0 aliphatic rings. The number of hydrogen-bond acceptors (Lipinski definition) is 4. The van der Waals surface area contributed by atoms with E-state index in [4.69, 9.17) is 10.7 Å². The van der Waals surface area contributed by atoms with Gasteiger partial charge in [0.15, 0.2) is 5.75 Å². The number of nitrogens with zero attached hydrogens (tertiary/aromatic N) is 1. The largest absolute Gasteiger partial charge is 0.573 e. The molecule has 10 heteroatoms. The second kappa shape index (κ2) is 4.76. The lowest BCUT2D eigenvalue weighted by Crippen LogP contribution is -2.20. The highest BCUT2D eigenvalue weighted by molar-refractivity contribution is 14.1. The summed E-state index contributed by atoms with van der Waals surface area (Å²) in [6.45, 7) is 1.27.